The highest BCUT2D eigenvalue weighted by atomic mass is 16.5. The van der Waals surface area contributed by atoms with E-state index in [-0.39, 0.29) is 43.5 Å². The first-order valence-electron chi connectivity index (χ1n) is 14.5. The molecule has 0 aromatic heterocycles. The first-order chi connectivity index (χ1) is 19.5. The summed E-state index contributed by atoms with van der Waals surface area (Å²) >= 11 is 0. The molecule has 11 nitrogen and oxygen atoms in total. The fourth-order valence-corrected chi connectivity index (χ4v) is 4.91. The molecule has 1 heterocycles. The summed E-state index contributed by atoms with van der Waals surface area (Å²) in [5.41, 5.74) is 0. The van der Waals surface area contributed by atoms with E-state index < -0.39 is 18.3 Å². The van der Waals surface area contributed by atoms with Crippen LogP contribution < -0.4 is 9.47 Å². The van der Waals surface area contributed by atoms with E-state index >= 15 is 0 Å². The Balaban J connectivity index is 2.15. The van der Waals surface area contributed by atoms with Crippen LogP contribution in [0.2, 0.25) is 0 Å². The Hall–Kier alpha value is -2.44. The smallest absolute Gasteiger partial charge is 0.237 e. The van der Waals surface area contributed by atoms with Gasteiger partial charge in [-0.05, 0) is 56.5 Å². The van der Waals surface area contributed by atoms with Gasteiger partial charge in [-0.1, -0.05) is 13.8 Å². The molecule has 2 N–H and O–H groups in total. The SMILES string of the molecule is COc1ccc(OCCN(C)CC(=O)N2CCCCOC[C@@H](O)[C@@H](O)[C@H](OC)CN(C(C)=O)C[C@@H]2CC(C)C)cc1. The summed E-state index contributed by atoms with van der Waals surface area (Å²) in [5.74, 6) is 1.57. The van der Waals surface area contributed by atoms with Crippen molar-refractivity contribution in [1.82, 2.24) is 14.7 Å². The molecule has 0 spiro atoms. The Bertz CT molecular complexity index is 900. The van der Waals surface area contributed by atoms with Gasteiger partial charge in [-0.2, -0.15) is 0 Å². The zero-order chi connectivity index (χ0) is 30.4. The topological polar surface area (TPSA) is 121 Å². The van der Waals surface area contributed by atoms with Crippen LogP contribution in [0, 0.1) is 5.92 Å². The highest BCUT2D eigenvalue weighted by Crippen LogP contribution is 2.19. The third-order valence-electron chi connectivity index (χ3n) is 7.29. The van der Waals surface area contributed by atoms with Crippen LogP contribution in [-0.4, -0.2) is 135 Å². The molecular weight excluding hydrogens is 530 g/mol. The summed E-state index contributed by atoms with van der Waals surface area (Å²) in [4.78, 5) is 31.9. The van der Waals surface area contributed by atoms with Crippen molar-refractivity contribution in [3.8, 4) is 11.5 Å². The number of hydrogen-bond acceptors (Lipinski definition) is 9. The van der Waals surface area contributed by atoms with Gasteiger partial charge in [0.25, 0.3) is 0 Å². The lowest BCUT2D eigenvalue weighted by Gasteiger charge is -2.39. The number of rotatable bonds is 10. The summed E-state index contributed by atoms with van der Waals surface area (Å²) in [6, 6.07) is 7.15. The number of ether oxygens (including phenoxy) is 4. The Labute approximate surface area is 245 Å². The molecule has 4 atom stereocenters. The maximum Gasteiger partial charge on any atom is 0.237 e. The molecule has 2 amide bonds. The first kappa shape index (κ1) is 34.8. The number of carbonyl (C=O) groups is 2. The minimum atomic E-state index is -1.22. The Morgan fingerprint density at radius 1 is 1.10 bits per heavy atom. The van der Waals surface area contributed by atoms with E-state index in [0.717, 1.165) is 11.5 Å². The predicted octanol–water partition coefficient (Wildman–Crippen LogP) is 1.64. The van der Waals surface area contributed by atoms with Gasteiger partial charge in [0, 0.05) is 52.9 Å². The fraction of sp³-hybridized carbons (Fsp3) is 0.733. The average Bonchev–Trinajstić information content (AvgIpc) is 2.93. The second kappa shape index (κ2) is 18.2. The van der Waals surface area contributed by atoms with Crippen molar-refractivity contribution in [3.05, 3.63) is 24.3 Å². The summed E-state index contributed by atoms with van der Waals surface area (Å²) in [6.07, 6.45) is -1.05. The van der Waals surface area contributed by atoms with Gasteiger partial charge >= 0.3 is 0 Å². The summed E-state index contributed by atoms with van der Waals surface area (Å²) in [7, 11) is 4.95. The second-order valence-electron chi connectivity index (χ2n) is 11.2. The molecule has 2 rings (SSSR count). The van der Waals surface area contributed by atoms with Crippen molar-refractivity contribution in [3.63, 3.8) is 0 Å². The third-order valence-corrected chi connectivity index (χ3v) is 7.29. The first-order valence-corrected chi connectivity index (χ1v) is 14.5. The van der Waals surface area contributed by atoms with Crippen LogP contribution in [0.4, 0.5) is 0 Å². The fourth-order valence-electron chi connectivity index (χ4n) is 4.91. The van der Waals surface area contributed by atoms with Crippen LogP contribution in [0.5, 0.6) is 11.5 Å². The van der Waals surface area contributed by atoms with Crippen LogP contribution >= 0.6 is 0 Å². The number of nitrogens with zero attached hydrogens (tertiary/aromatic N) is 3. The molecule has 0 saturated carbocycles. The van der Waals surface area contributed by atoms with Crippen LogP contribution in [0.3, 0.4) is 0 Å². The van der Waals surface area contributed by atoms with E-state index in [1.807, 2.05) is 41.1 Å². The number of methoxy groups -OCH3 is 2. The lowest BCUT2D eigenvalue weighted by Crippen LogP contribution is -2.54. The minimum Gasteiger partial charge on any atom is -0.497 e. The molecule has 1 aliphatic rings. The largest absolute Gasteiger partial charge is 0.497 e. The normalized spacial score (nSPS) is 23.4. The molecular formula is C30H51N3O8. The van der Waals surface area contributed by atoms with Gasteiger partial charge in [0.05, 0.1) is 20.3 Å². The molecule has 0 unspecified atom stereocenters. The molecule has 1 aromatic rings. The quantitative estimate of drug-likeness (QED) is 0.425. The van der Waals surface area contributed by atoms with E-state index in [1.165, 1.54) is 14.0 Å². The van der Waals surface area contributed by atoms with E-state index in [4.69, 9.17) is 18.9 Å². The Morgan fingerprint density at radius 3 is 2.39 bits per heavy atom. The minimum absolute atomic E-state index is 0.0159. The number of aliphatic hydroxyl groups excluding tert-OH is 2. The molecule has 1 saturated heterocycles. The summed E-state index contributed by atoms with van der Waals surface area (Å²) in [6.45, 7) is 8.15. The van der Waals surface area contributed by atoms with Crippen LogP contribution in [0.25, 0.3) is 0 Å². The number of benzene rings is 1. The summed E-state index contributed by atoms with van der Waals surface area (Å²) < 4.78 is 22.1. The lowest BCUT2D eigenvalue weighted by atomic mass is 10.00. The Morgan fingerprint density at radius 2 is 1.78 bits per heavy atom. The molecule has 11 heteroatoms. The Kier molecular flexibility index (Phi) is 15.4. The van der Waals surface area contributed by atoms with Gasteiger partial charge in [-0.25, -0.2) is 0 Å². The average molecular weight is 582 g/mol. The van der Waals surface area contributed by atoms with Crippen molar-refractivity contribution in [2.75, 3.05) is 73.8 Å². The van der Waals surface area contributed by atoms with Crippen molar-refractivity contribution < 1.29 is 38.7 Å². The molecule has 1 fully saturated rings. The monoisotopic (exact) mass is 581 g/mol. The van der Waals surface area contributed by atoms with Crippen molar-refractivity contribution in [1.29, 1.82) is 0 Å². The van der Waals surface area contributed by atoms with Gasteiger partial charge in [0.2, 0.25) is 11.8 Å². The van der Waals surface area contributed by atoms with Gasteiger partial charge in [-0.3, -0.25) is 14.5 Å². The van der Waals surface area contributed by atoms with Crippen molar-refractivity contribution in [2.45, 2.75) is 64.4 Å². The number of hydrogen-bond donors (Lipinski definition) is 2. The molecule has 0 aliphatic carbocycles. The van der Waals surface area contributed by atoms with Crippen LogP contribution in [0.15, 0.2) is 24.3 Å². The molecule has 41 heavy (non-hydrogen) atoms. The maximum atomic E-state index is 13.7. The summed E-state index contributed by atoms with van der Waals surface area (Å²) in [5, 5.41) is 21.1. The second-order valence-corrected chi connectivity index (χ2v) is 11.2. The number of carbonyl (C=O) groups excluding carboxylic acids is 2. The zero-order valence-electron chi connectivity index (χ0n) is 25.7. The van der Waals surface area contributed by atoms with E-state index in [0.29, 0.717) is 52.1 Å². The van der Waals surface area contributed by atoms with E-state index in [2.05, 4.69) is 13.8 Å². The highest BCUT2D eigenvalue weighted by Gasteiger charge is 2.33. The van der Waals surface area contributed by atoms with E-state index in [9.17, 15) is 19.8 Å². The van der Waals surface area contributed by atoms with Gasteiger partial charge in [0.15, 0.2) is 0 Å². The predicted molar refractivity (Wildman–Crippen MR) is 156 cm³/mol. The van der Waals surface area contributed by atoms with Gasteiger partial charge in [-0.15, -0.1) is 0 Å². The van der Waals surface area contributed by atoms with E-state index in [1.54, 1.807) is 12.0 Å². The number of aliphatic hydroxyl groups is 2. The third kappa shape index (κ3) is 12.1. The number of likely N-dealkylation sites (N-methyl/N-ethyl adjacent to an activating group) is 1. The lowest BCUT2D eigenvalue weighted by molar-refractivity contribution is -0.142. The van der Waals surface area contributed by atoms with Crippen LogP contribution in [-0.2, 0) is 19.1 Å². The highest BCUT2D eigenvalue weighted by molar-refractivity contribution is 5.79. The maximum absolute atomic E-state index is 13.7. The standard InChI is InChI=1S/C30H51N3O8/c1-22(2)17-24-18-32(23(3)34)19-28(39-6)30(37)27(35)21-40-15-8-7-13-33(24)29(36)20-31(4)14-16-41-26-11-9-25(38-5)10-12-26/h9-12,22,24,27-28,30,35,37H,7-8,13-21H2,1-6H3/t24-,27+,28+,30+/m0/s1. The van der Waals surface area contributed by atoms with Crippen molar-refractivity contribution in [2.24, 2.45) is 5.92 Å². The molecule has 234 valence electrons. The molecule has 0 radical (unpaired) electrons. The molecule has 0 bridgehead atoms. The molecule has 1 aromatic carbocycles. The van der Waals surface area contributed by atoms with Gasteiger partial charge < -0.3 is 39.0 Å². The van der Waals surface area contributed by atoms with Gasteiger partial charge in [0.1, 0.15) is 36.4 Å². The van der Waals surface area contributed by atoms with Crippen molar-refractivity contribution >= 4 is 11.8 Å². The van der Waals surface area contributed by atoms with Crippen LogP contribution in [0.1, 0.15) is 40.0 Å². The zero-order valence-corrected chi connectivity index (χ0v) is 25.7. The molecule has 1 aliphatic heterocycles. The number of amides is 2.